The van der Waals surface area contributed by atoms with Crippen molar-refractivity contribution in [2.75, 3.05) is 6.61 Å². The fourth-order valence-corrected chi connectivity index (χ4v) is 1.22. The minimum absolute atomic E-state index is 0.173. The Morgan fingerprint density at radius 3 is 2.80 bits per heavy atom. The molecule has 2 atom stereocenters. The van der Waals surface area contributed by atoms with E-state index < -0.39 is 0 Å². The van der Waals surface area contributed by atoms with E-state index in [-0.39, 0.29) is 12.0 Å². The van der Waals surface area contributed by atoms with Crippen molar-refractivity contribution >= 4 is 5.84 Å². The highest BCUT2D eigenvalue weighted by molar-refractivity contribution is 5.83. The molecule has 0 aliphatic carbocycles. The Hall–Kier alpha value is -0.770. The minimum atomic E-state index is 0.173. The maximum absolute atomic E-state index is 5.51. The highest BCUT2D eigenvalue weighted by atomic mass is 16.5. The van der Waals surface area contributed by atoms with Crippen LogP contribution in [0.2, 0.25) is 0 Å². The van der Waals surface area contributed by atoms with Crippen molar-refractivity contribution in [2.24, 2.45) is 22.6 Å². The monoisotopic (exact) mass is 143 g/mol. The lowest BCUT2D eigenvalue weighted by atomic mass is 10.0. The van der Waals surface area contributed by atoms with E-state index in [9.17, 15) is 0 Å². The second kappa shape index (κ2) is 2.88. The van der Waals surface area contributed by atoms with Gasteiger partial charge in [-0.2, -0.15) is 5.10 Å². The number of hydrazone groups is 1. The number of hydrogen-bond donors (Lipinski definition) is 2. The van der Waals surface area contributed by atoms with Crippen LogP contribution in [0.4, 0.5) is 0 Å². The lowest BCUT2D eigenvalue weighted by Crippen LogP contribution is -2.29. The van der Waals surface area contributed by atoms with E-state index in [4.69, 9.17) is 16.3 Å². The normalized spacial score (nSPS) is 34.7. The molecule has 4 N–H and O–H groups in total. The van der Waals surface area contributed by atoms with E-state index in [1.54, 1.807) is 0 Å². The molecular formula is C6H13N3O. The summed E-state index contributed by atoms with van der Waals surface area (Å²) in [7, 11) is 0. The van der Waals surface area contributed by atoms with Gasteiger partial charge in [-0.1, -0.05) is 0 Å². The van der Waals surface area contributed by atoms with Crippen LogP contribution in [0, 0.1) is 5.92 Å². The van der Waals surface area contributed by atoms with Crippen molar-refractivity contribution in [3.05, 3.63) is 0 Å². The first-order valence-corrected chi connectivity index (χ1v) is 3.40. The van der Waals surface area contributed by atoms with Crippen LogP contribution < -0.4 is 11.6 Å². The van der Waals surface area contributed by atoms with Gasteiger partial charge < -0.3 is 16.3 Å². The van der Waals surface area contributed by atoms with Gasteiger partial charge in [-0.3, -0.25) is 0 Å². The first kappa shape index (κ1) is 7.34. The third-order valence-electron chi connectivity index (χ3n) is 1.91. The number of hydrogen-bond acceptors (Lipinski definition) is 3. The van der Waals surface area contributed by atoms with Crippen LogP contribution >= 0.6 is 0 Å². The van der Waals surface area contributed by atoms with Crippen LogP contribution in [0.3, 0.4) is 0 Å². The second-order valence-corrected chi connectivity index (χ2v) is 2.53. The third-order valence-corrected chi connectivity index (χ3v) is 1.91. The second-order valence-electron chi connectivity index (χ2n) is 2.53. The molecule has 1 saturated heterocycles. The number of ether oxygens (including phenoxy) is 1. The maximum atomic E-state index is 5.51. The predicted octanol–water partition coefficient (Wildman–Crippen LogP) is -0.358. The van der Waals surface area contributed by atoms with Gasteiger partial charge in [0.1, 0.15) is 5.84 Å². The van der Waals surface area contributed by atoms with Gasteiger partial charge in [-0.25, -0.2) is 0 Å². The molecule has 1 heterocycles. The number of amidine groups is 1. The van der Waals surface area contributed by atoms with Gasteiger partial charge in [0.2, 0.25) is 0 Å². The Kier molecular flexibility index (Phi) is 2.11. The lowest BCUT2D eigenvalue weighted by molar-refractivity contribution is 0.116. The van der Waals surface area contributed by atoms with E-state index in [2.05, 4.69) is 5.10 Å². The SMILES string of the molecule is CC1OCCC1C(N)=NN. The quantitative estimate of drug-likeness (QED) is 0.228. The fourth-order valence-electron chi connectivity index (χ4n) is 1.22. The predicted molar refractivity (Wildman–Crippen MR) is 39.3 cm³/mol. The van der Waals surface area contributed by atoms with Gasteiger partial charge in [-0.05, 0) is 13.3 Å². The largest absolute Gasteiger partial charge is 0.385 e. The van der Waals surface area contributed by atoms with Gasteiger partial charge in [0.15, 0.2) is 0 Å². The summed E-state index contributed by atoms with van der Waals surface area (Å²) in [6.07, 6.45) is 1.11. The van der Waals surface area contributed by atoms with Crippen LogP contribution in [0.1, 0.15) is 13.3 Å². The van der Waals surface area contributed by atoms with Crippen LogP contribution in [0.5, 0.6) is 0 Å². The molecule has 2 unspecified atom stereocenters. The lowest BCUT2D eigenvalue weighted by Gasteiger charge is -2.11. The molecule has 0 radical (unpaired) electrons. The van der Waals surface area contributed by atoms with Crippen LogP contribution in [-0.4, -0.2) is 18.5 Å². The van der Waals surface area contributed by atoms with Crippen LogP contribution in [0.25, 0.3) is 0 Å². The highest BCUT2D eigenvalue weighted by Crippen LogP contribution is 2.19. The van der Waals surface area contributed by atoms with E-state index in [1.165, 1.54) is 0 Å². The average Bonchev–Trinajstić information content (AvgIpc) is 2.34. The van der Waals surface area contributed by atoms with E-state index >= 15 is 0 Å². The van der Waals surface area contributed by atoms with Crippen molar-refractivity contribution in [2.45, 2.75) is 19.4 Å². The topological polar surface area (TPSA) is 73.6 Å². The molecule has 0 saturated carbocycles. The minimum Gasteiger partial charge on any atom is -0.385 e. The van der Waals surface area contributed by atoms with E-state index in [0.717, 1.165) is 13.0 Å². The summed E-state index contributed by atoms with van der Waals surface area (Å²) in [4.78, 5) is 0. The van der Waals surface area contributed by atoms with Gasteiger partial charge in [0.05, 0.1) is 6.10 Å². The summed E-state index contributed by atoms with van der Waals surface area (Å²) in [5.74, 6) is 5.75. The first-order chi connectivity index (χ1) is 4.75. The Morgan fingerprint density at radius 1 is 1.70 bits per heavy atom. The number of nitrogens with two attached hydrogens (primary N) is 2. The molecule has 4 heteroatoms. The molecule has 1 rings (SSSR count). The molecular weight excluding hydrogens is 130 g/mol. The Balaban J connectivity index is 2.55. The van der Waals surface area contributed by atoms with Gasteiger partial charge in [0, 0.05) is 12.5 Å². The van der Waals surface area contributed by atoms with Gasteiger partial charge in [0.25, 0.3) is 0 Å². The third kappa shape index (κ3) is 1.21. The number of rotatable bonds is 1. The maximum Gasteiger partial charge on any atom is 0.125 e. The van der Waals surface area contributed by atoms with Crippen molar-refractivity contribution in [1.82, 2.24) is 0 Å². The zero-order valence-electron chi connectivity index (χ0n) is 6.08. The standard InChI is InChI=1S/C6H13N3O/c1-4-5(2-3-10-4)6(7)9-8/h4-5H,2-3,8H2,1H3,(H2,7,9). The molecule has 0 bridgehead atoms. The molecule has 0 aromatic carbocycles. The zero-order chi connectivity index (χ0) is 7.56. The van der Waals surface area contributed by atoms with Crippen molar-refractivity contribution in [3.63, 3.8) is 0 Å². The summed E-state index contributed by atoms with van der Waals surface area (Å²) in [5, 5.41) is 3.44. The summed E-state index contributed by atoms with van der Waals surface area (Å²) in [5.41, 5.74) is 5.51. The Bertz CT molecular complexity index is 146. The van der Waals surface area contributed by atoms with Crippen molar-refractivity contribution in [1.29, 1.82) is 0 Å². The summed E-state index contributed by atoms with van der Waals surface area (Å²) in [6, 6.07) is 0. The Morgan fingerprint density at radius 2 is 2.40 bits per heavy atom. The fraction of sp³-hybridized carbons (Fsp3) is 0.833. The van der Waals surface area contributed by atoms with E-state index in [0.29, 0.717) is 5.84 Å². The molecule has 1 aliphatic heterocycles. The zero-order valence-corrected chi connectivity index (χ0v) is 6.08. The van der Waals surface area contributed by atoms with Gasteiger partial charge >= 0.3 is 0 Å². The smallest absolute Gasteiger partial charge is 0.125 e. The summed E-state index contributed by atoms with van der Waals surface area (Å²) in [6.45, 7) is 2.75. The Labute approximate surface area is 60.2 Å². The molecule has 0 amide bonds. The molecule has 0 aromatic heterocycles. The molecule has 4 nitrogen and oxygen atoms in total. The van der Waals surface area contributed by atoms with Crippen LogP contribution in [0.15, 0.2) is 5.10 Å². The van der Waals surface area contributed by atoms with E-state index in [1.807, 2.05) is 6.92 Å². The average molecular weight is 143 g/mol. The van der Waals surface area contributed by atoms with Crippen LogP contribution in [-0.2, 0) is 4.74 Å². The molecule has 1 aliphatic rings. The highest BCUT2D eigenvalue weighted by Gasteiger charge is 2.27. The summed E-state index contributed by atoms with van der Waals surface area (Å²) >= 11 is 0. The van der Waals surface area contributed by atoms with Crippen molar-refractivity contribution < 1.29 is 4.74 Å². The molecule has 58 valence electrons. The molecule has 1 fully saturated rings. The first-order valence-electron chi connectivity index (χ1n) is 3.40. The molecule has 0 aromatic rings. The van der Waals surface area contributed by atoms with Gasteiger partial charge in [-0.15, -0.1) is 0 Å². The molecule has 10 heavy (non-hydrogen) atoms. The molecule has 0 spiro atoms. The summed E-state index contributed by atoms with van der Waals surface area (Å²) < 4.78 is 5.27. The van der Waals surface area contributed by atoms with Crippen molar-refractivity contribution in [3.8, 4) is 0 Å². The number of nitrogens with zero attached hydrogens (tertiary/aromatic N) is 1.